The number of para-hydroxylation sites is 1. The van der Waals surface area contributed by atoms with Crippen LogP contribution in [-0.2, 0) is 9.59 Å². The molecule has 0 aliphatic carbocycles. The van der Waals surface area contributed by atoms with Crippen LogP contribution in [0.25, 0.3) is 0 Å². The standard InChI is InChI=1S/C22H24ClN3O2/c1-16-13-18(23)7-8-20(16)24-9-11-25(12-10-24)22(28)17-14-21(27)26(15-17)19-5-3-2-4-6-19/h2-8,13,17H,9-12,14-15H2,1H3. The second-order valence-corrected chi connectivity index (χ2v) is 7.92. The van der Waals surface area contributed by atoms with E-state index in [1.165, 1.54) is 5.69 Å². The minimum absolute atomic E-state index is 0.0278. The van der Waals surface area contributed by atoms with E-state index in [-0.39, 0.29) is 17.7 Å². The van der Waals surface area contributed by atoms with Crippen molar-refractivity contribution >= 4 is 34.8 Å². The molecule has 1 unspecified atom stereocenters. The molecule has 28 heavy (non-hydrogen) atoms. The molecule has 2 aromatic rings. The predicted octanol–water partition coefficient (Wildman–Crippen LogP) is 3.35. The molecule has 2 aliphatic rings. The van der Waals surface area contributed by atoms with Gasteiger partial charge < -0.3 is 14.7 Å². The Balaban J connectivity index is 1.37. The number of piperazine rings is 1. The smallest absolute Gasteiger partial charge is 0.228 e. The number of hydrogen-bond acceptors (Lipinski definition) is 3. The lowest BCUT2D eigenvalue weighted by Gasteiger charge is -2.37. The molecular formula is C22H24ClN3O2. The Morgan fingerprint density at radius 1 is 1.04 bits per heavy atom. The van der Waals surface area contributed by atoms with Crippen molar-refractivity contribution in [2.75, 3.05) is 42.5 Å². The van der Waals surface area contributed by atoms with E-state index < -0.39 is 0 Å². The van der Waals surface area contributed by atoms with Crippen molar-refractivity contribution in [1.29, 1.82) is 0 Å². The van der Waals surface area contributed by atoms with E-state index in [2.05, 4.69) is 11.8 Å². The fraction of sp³-hybridized carbons (Fsp3) is 0.364. The number of rotatable bonds is 3. The van der Waals surface area contributed by atoms with Crippen LogP contribution in [0.4, 0.5) is 11.4 Å². The number of benzene rings is 2. The van der Waals surface area contributed by atoms with E-state index in [1.807, 2.05) is 53.4 Å². The van der Waals surface area contributed by atoms with Crippen molar-refractivity contribution in [3.05, 3.63) is 59.1 Å². The van der Waals surface area contributed by atoms with Crippen molar-refractivity contribution in [1.82, 2.24) is 4.90 Å². The first-order valence-electron chi connectivity index (χ1n) is 9.68. The Hall–Kier alpha value is -2.53. The highest BCUT2D eigenvalue weighted by atomic mass is 35.5. The minimum atomic E-state index is -0.253. The summed E-state index contributed by atoms with van der Waals surface area (Å²) in [5.41, 5.74) is 3.18. The van der Waals surface area contributed by atoms with Crippen LogP contribution in [0.1, 0.15) is 12.0 Å². The van der Waals surface area contributed by atoms with Gasteiger partial charge in [-0.15, -0.1) is 0 Å². The topological polar surface area (TPSA) is 43.9 Å². The van der Waals surface area contributed by atoms with E-state index in [0.717, 1.165) is 29.4 Å². The maximum atomic E-state index is 13.0. The van der Waals surface area contributed by atoms with Gasteiger partial charge in [-0.2, -0.15) is 0 Å². The van der Waals surface area contributed by atoms with Gasteiger partial charge in [0.05, 0.1) is 5.92 Å². The van der Waals surface area contributed by atoms with E-state index in [4.69, 9.17) is 11.6 Å². The number of amides is 2. The fourth-order valence-electron chi connectivity index (χ4n) is 4.13. The van der Waals surface area contributed by atoms with Crippen LogP contribution in [0.3, 0.4) is 0 Å². The Bertz CT molecular complexity index is 879. The second kappa shape index (κ2) is 7.84. The van der Waals surface area contributed by atoms with Crippen LogP contribution in [-0.4, -0.2) is 49.4 Å². The zero-order valence-electron chi connectivity index (χ0n) is 16.0. The van der Waals surface area contributed by atoms with Crippen LogP contribution < -0.4 is 9.80 Å². The molecule has 2 aromatic carbocycles. The molecule has 2 saturated heterocycles. The third-order valence-corrected chi connectivity index (χ3v) is 5.87. The highest BCUT2D eigenvalue weighted by Crippen LogP contribution is 2.28. The first-order valence-corrected chi connectivity index (χ1v) is 10.1. The van der Waals surface area contributed by atoms with E-state index in [9.17, 15) is 9.59 Å². The first-order chi connectivity index (χ1) is 13.5. The molecule has 0 N–H and O–H groups in total. The molecule has 146 valence electrons. The summed E-state index contributed by atoms with van der Waals surface area (Å²) in [6.45, 7) is 5.46. The molecule has 0 bridgehead atoms. The quantitative estimate of drug-likeness (QED) is 0.797. The van der Waals surface area contributed by atoms with Crippen molar-refractivity contribution < 1.29 is 9.59 Å². The maximum Gasteiger partial charge on any atom is 0.228 e. The highest BCUT2D eigenvalue weighted by Gasteiger charge is 2.37. The molecule has 6 heteroatoms. The molecule has 4 rings (SSSR count). The molecular weight excluding hydrogens is 374 g/mol. The van der Waals surface area contributed by atoms with Crippen molar-refractivity contribution in [3.8, 4) is 0 Å². The van der Waals surface area contributed by atoms with Crippen LogP contribution in [0, 0.1) is 12.8 Å². The summed E-state index contributed by atoms with van der Waals surface area (Å²) in [4.78, 5) is 31.3. The van der Waals surface area contributed by atoms with Crippen LogP contribution >= 0.6 is 11.6 Å². The number of anilines is 2. The Kier molecular flexibility index (Phi) is 5.27. The predicted molar refractivity (Wildman–Crippen MR) is 112 cm³/mol. The SMILES string of the molecule is Cc1cc(Cl)ccc1N1CCN(C(=O)C2CC(=O)N(c3ccccc3)C2)CC1. The lowest BCUT2D eigenvalue weighted by Crippen LogP contribution is -2.50. The average molecular weight is 398 g/mol. The number of carbonyl (C=O) groups is 2. The third-order valence-electron chi connectivity index (χ3n) is 5.63. The number of halogens is 1. The summed E-state index contributed by atoms with van der Waals surface area (Å²) in [7, 11) is 0. The minimum Gasteiger partial charge on any atom is -0.368 e. The molecule has 0 aromatic heterocycles. The number of nitrogens with zero attached hydrogens (tertiary/aromatic N) is 3. The van der Waals surface area contributed by atoms with Gasteiger partial charge in [-0.3, -0.25) is 9.59 Å². The average Bonchev–Trinajstić information content (AvgIpc) is 3.10. The molecule has 1 atom stereocenters. The highest BCUT2D eigenvalue weighted by molar-refractivity contribution is 6.30. The molecule has 2 amide bonds. The zero-order valence-corrected chi connectivity index (χ0v) is 16.7. The van der Waals surface area contributed by atoms with Gasteiger partial charge in [-0.1, -0.05) is 29.8 Å². The third kappa shape index (κ3) is 3.72. The number of aryl methyl sites for hydroxylation is 1. The van der Waals surface area contributed by atoms with E-state index >= 15 is 0 Å². The van der Waals surface area contributed by atoms with Crippen molar-refractivity contribution in [2.24, 2.45) is 5.92 Å². The summed E-state index contributed by atoms with van der Waals surface area (Å²) < 4.78 is 0. The van der Waals surface area contributed by atoms with Crippen LogP contribution in [0.15, 0.2) is 48.5 Å². The summed E-state index contributed by atoms with van der Waals surface area (Å²) in [6.07, 6.45) is 0.296. The lowest BCUT2D eigenvalue weighted by atomic mass is 10.1. The zero-order chi connectivity index (χ0) is 19.7. The molecule has 2 heterocycles. The van der Waals surface area contributed by atoms with Gasteiger partial charge in [0.15, 0.2) is 0 Å². The molecule has 2 fully saturated rings. The van der Waals surface area contributed by atoms with Crippen LogP contribution in [0.5, 0.6) is 0 Å². The van der Waals surface area contributed by atoms with Gasteiger partial charge in [0, 0.05) is 55.5 Å². The van der Waals surface area contributed by atoms with E-state index in [0.29, 0.717) is 26.1 Å². The van der Waals surface area contributed by atoms with Crippen molar-refractivity contribution in [3.63, 3.8) is 0 Å². The first kappa shape index (κ1) is 18.8. The normalized spacial score (nSPS) is 20.0. The molecule has 0 spiro atoms. The monoisotopic (exact) mass is 397 g/mol. The summed E-state index contributed by atoms with van der Waals surface area (Å²) >= 11 is 6.06. The summed E-state index contributed by atoms with van der Waals surface area (Å²) in [5, 5.41) is 0.740. The van der Waals surface area contributed by atoms with Gasteiger partial charge in [-0.05, 0) is 42.8 Å². The van der Waals surface area contributed by atoms with Crippen molar-refractivity contribution in [2.45, 2.75) is 13.3 Å². The fourth-order valence-corrected chi connectivity index (χ4v) is 4.36. The molecule has 0 saturated carbocycles. The molecule has 5 nitrogen and oxygen atoms in total. The van der Waals surface area contributed by atoms with Gasteiger partial charge >= 0.3 is 0 Å². The van der Waals surface area contributed by atoms with Gasteiger partial charge in [0.1, 0.15) is 0 Å². The second-order valence-electron chi connectivity index (χ2n) is 7.48. The Labute approximate surface area is 170 Å². The largest absolute Gasteiger partial charge is 0.368 e. The molecule has 2 aliphatic heterocycles. The summed E-state index contributed by atoms with van der Waals surface area (Å²) in [6, 6.07) is 15.5. The maximum absolute atomic E-state index is 13.0. The summed E-state index contributed by atoms with van der Waals surface area (Å²) in [5.74, 6) is -0.129. The van der Waals surface area contributed by atoms with Gasteiger partial charge in [0.2, 0.25) is 11.8 Å². The molecule has 0 radical (unpaired) electrons. The Morgan fingerprint density at radius 3 is 2.43 bits per heavy atom. The number of carbonyl (C=O) groups excluding carboxylic acids is 2. The lowest BCUT2D eigenvalue weighted by molar-refractivity contribution is -0.136. The Morgan fingerprint density at radius 2 is 1.75 bits per heavy atom. The number of hydrogen-bond donors (Lipinski definition) is 0. The van der Waals surface area contributed by atoms with Crippen LogP contribution in [0.2, 0.25) is 5.02 Å². The van der Waals surface area contributed by atoms with Gasteiger partial charge in [0.25, 0.3) is 0 Å². The van der Waals surface area contributed by atoms with E-state index in [1.54, 1.807) is 4.90 Å². The van der Waals surface area contributed by atoms with Gasteiger partial charge in [-0.25, -0.2) is 0 Å².